The van der Waals surface area contributed by atoms with Crippen molar-refractivity contribution in [1.82, 2.24) is 0 Å². The minimum absolute atomic E-state index is 0.109. The van der Waals surface area contributed by atoms with Crippen molar-refractivity contribution in [2.75, 3.05) is 7.11 Å². The summed E-state index contributed by atoms with van der Waals surface area (Å²) in [6, 6.07) is 0. The minimum Gasteiger partial charge on any atom is -0.455 e. The SMILES string of the molecule is CO[Si](C1=CC(C)OC1=O)(C(C)C)C(C)C. The molecule has 0 amide bonds. The Morgan fingerprint density at radius 2 is 1.81 bits per heavy atom. The van der Waals surface area contributed by atoms with Gasteiger partial charge in [-0.05, 0) is 24.1 Å². The van der Waals surface area contributed by atoms with E-state index in [0.717, 1.165) is 5.20 Å². The van der Waals surface area contributed by atoms with Crippen LogP contribution in [0.2, 0.25) is 11.1 Å². The molecule has 0 saturated heterocycles. The third-order valence-electron chi connectivity index (χ3n) is 3.39. The van der Waals surface area contributed by atoms with Crippen molar-refractivity contribution in [1.29, 1.82) is 0 Å². The predicted octanol–water partition coefficient (Wildman–Crippen LogP) is 2.81. The van der Waals surface area contributed by atoms with Crippen LogP contribution in [0.15, 0.2) is 11.3 Å². The molecule has 0 aromatic carbocycles. The maximum atomic E-state index is 11.9. The van der Waals surface area contributed by atoms with Crippen LogP contribution >= 0.6 is 0 Å². The Balaban J connectivity index is 3.21. The van der Waals surface area contributed by atoms with Crippen LogP contribution in [0.1, 0.15) is 34.6 Å². The molecule has 0 aliphatic carbocycles. The third-order valence-corrected chi connectivity index (χ3v) is 8.71. The highest BCUT2D eigenvalue weighted by atomic mass is 28.4. The first-order valence-electron chi connectivity index (χ1n) is 5.84. The highest BCUT2D eigenvalue weighted by molar-refractivity contribution is 6.87. The standard InChI is InChI=1S/C12H22O3Si/c1-8(2)16(14-6,9(3)4)11-7-10(5)15-12(11)13/h7-10H,1-6H3. The summed E-state index contributed by atoms with van der Waals surface area (Å²) in [6.45, 7) is 10.4. The number of hydrogen-bond donors (Lipinski definition) is 0. The molecule has 0 bridgehead atoms. The van der Waals surface area contributed by atoms with E-state index in [4.69, 9.17) is 9.16 Å². The first-order chi connectivity index (χ1) is 7.36. The monoisotopic (exact) mass is 242 g/mol. The fourth-order valence-electron chi connectivity index (χ4n) is 2.73. The van der Waals surface area contributed by atoms with Crippen molar-refractivity contribution in [3.8, 4) is 0 Å². The summed E-state index contributed by atoms with van der Waals surface area (Å²) >= 11 is 0. The Kier molecular flexibility index (Phi) is 3.96. The maximum absolute atomic E-state index is 11.9. The first kappa shape index (κ1) is 13.5. The summed E-state index contributed by atoms with van der Waals surface area (Å²) in [7, 11) is -0.484. The first-order valence-corrected chi connectivity index (χ1v) is 7.91. The van der Waals surface area contributed by atoms with Gasteiger partial charge in [0.2, 0.25) is 8.32 Å². The molecule has 0 spiro atoms. The lowest BCUT2D eigenvalue weighted by Gasteiger charge is -2.36. The molecule has 1 aliphatic rings. The fraction of sp³-hybridized carbons (Fsp3) is 0.750. The zero-order valence-electron chi connectivity index (χ0n) is 11.0. The molecule has 1 aliphatic heterocycles. The maximum Gasteiger partial charge on any atom is 0.332 e. The van der Waals surface area contributed by atoms with Gasteiger partial charge in [0.1, 0.15) is 6.10 Å². The smallest absolute Gasteiger partial charge is 0.332 e. The summed E-state index contributed by atoms with van der Waals surface area (Å²) in [4.78, 5) is 11.9. The van der Waals surface area contributed by atoms with Crippen molar-refractivity contribution >= 4 is 14.3 Å². The van der Waals surface area contributed by atoms with Crippen LogP contribution in [0.5, 0.6) is 0 Å². The van der Waals surface area contributed by atoms with E-state index in [1.165, 1.54) is 0 Å². The van der Waals surface area contributed by atoms with Crippen molar-refractivity contribution in [3.05, 3.63) is 11.3 Å². The Morgan fingerprint density at radius 3 is 2.06 bits per heavy atom. The largest absolute Gasteiger partial charge is 0.455 e. The second-order valence-electron chi connectivity index (χ2n) is 5.00. The van der Waals surface area contributed by atoms with E-state index in [9.17, 15) is 4.79 Å². The van der Waals surface area contributed by atoms with Gasteiger partial charge in [-0.15, -0.1) is 0 Å². The number of cyclic esters (lactones) is 1. The van der Waals surface area contributed by atoms with E-state index in [1.807, 2.05) is 13.0 Å². The quantitative estimate of drug-likeness (QED) is 0.562. The van der Waals surface area contributed by atoms with Gasteiger partial charge >= 0.3 is 5.97 Å². The van der Waals surface area contributed by atoms with Crippen LogP contribution in [0, 0.1) is 0 Å². The van der Waals surface area contributed by atoms with E-state index in [2.05, 4.69) is 27.7 Å². The minimum atomic E-state index is -2.21. The summed E-state index contributed by atoms with van der Waals surface area (Å²) < 4.78 is 11.0. The predicted molar refractivity (Wildman–Crippen MR) is 66.6 cm³/mol. The van der Waals surface area contributed by atoms with Crippen molar-refractivity contribution in [2.45, 2.75) is 51.8 Å². The highest BCUT2D eigenvalue weighted by Crippen LogP contribution is 2.41. The van der Waals surface area contributed by atoms with E-state index >= 15 is 0 Å². The van der Waals surface area contributed by atoms with Crippen LogP contribution in [0.3, 0.4) is 0 Å². The highest BCUT2D eigenvalue weighted by Gasteiger charge is 2.50. The molecule has 92 valence electrons. The topological polar surface area (TPSA) is 35.5 Å². The molecule has 0 N–H and O–H groups in total. The van der Waals surface area contributed by atoms with Crippen molar-refractivity contribution in [2.24, 2.45) is 0 Å². The molecule has 0 fully saturated rings. The Hall–Kier alpha value is -0.613. The lowest BCUT2D eigenvalue weighted by molar-refractivity contribution is -0.138. The summed E-state index contributed by atoms with van der Waals surface area (Å²) in [6.07, 6.45) is 1.83. The summed E-state index contributed by atoms with van der Waals surface area (Å²) in [5, 5.41) is 0.813. The molecule has 0 aromatic rings. The molecule has 0 radical (unpaired) electrons. The number of carbonyl (C=O) groups excluding carboxylic acids is 1. The molecule has 4 heteroatoms. The van der Waals surface area contributed by atoms with Gasteiger partial charge in [0, 0.05) is 7.11 Å². The van der Waals surface area contributed by atoms with Crippen LogP contribution in [0.4, 0.5) is 0 Å². The Labute approximate surface area is 99.0 Å². The lowest BCUT2D eigenvalue weighted by Crippen LogP contribution is -2.48. The fourth-order valence-corrected chi connectivity index (χ4v) is 7.34. The zero-order valence-corrected chi connectivity index (χ0v) is 12.0. The molecule has 1 unspecified atom stereocenters. The van der Waals surface area contributed by atoms with Crippen LogP contribution in [0.25, 0.3) is 0 Å². The van der Waals surface area contributed by atoms with Crippen LogP contribution < -0.4 is 0 Å². The van der Waals surface area contributed by atoms with Gasteiger partial charge in [-0.2, -0.15) is 0 Å². The van der Waals surface area contributed by atoms with Gasteiger partial charge in [-0.1, -0.05) is 27.7 Å². The van der Waals surface area contributed by atoms with Crippen molar-refractivity contribution in [3.63, 3.8) is 0 Å². The van der Waals surface area contributed by atoms with E-state index in [0.29, 0.717) is 11.1 Å². The second kappa shape index (κ2) is 4.71. The van der Waals surface area contributed by atoms with Gasteiger partial charge in [0.25, 0.3) is 0 Å². The van der Waals surface area contributed by atoms with E-state index in [1.54, 1.807) is 7.11 Å². The van der Waals surface area contributed by atoms with E-state index < -0.39 is 8.32 Å². The summed E-state index contributed by atoms with van der Waals surface area (Å²) in [5.41, 5.74) is 0.725. The Morgan fingerprint density at radius 1 is 1.31 bits per heavy atom. The molecule has 1 heterocycles. The number of ether oxygens (including phenoxy) is 1. The summed E-state index contributed by atoms with van der Waals surface area (Å²) in [5.74, 6) is -0.177. The number of carbonyl (C=O) groups is 1. The Bertz CT molecular complexity index is 299. The number of rotatable bonds is 4. The molecule has 1 atom stereocenters. The normalized spacial score (nSPS) is 21.6. The molecule has 0 saturated carbocycles. The zero-order chi connectivity index (χ0) is 12.5. The number of esters is 1. The molecular weight excluding hydrogens is 220 g/mol. The number of hydrogen-bond acceptors (Lipinski definition) is 3. The van der Waals surface area contributed by atoms with Crippen molar-refractivity contribution < 1.29 is 14.0 Å². The molecule has 3 nitrogen and oxygen atoms in total. The average molecular weight is 242 g/mol. The third kappa shape index (κ3) is 1.96. The molecule has 16 heavy (non-hydrogen) atoms. The van der Waals surface area contributed by atoms with Crippen LogP contribution in [-0.4, -0.2) is 27.5 Å². The molecule has 1 rings (SSSR count). The van der Waals surface area contributed by atoms with Gasteiger partial charge in [-0.25, -0.2) is 4.79 Å². The lowest BCUT2D eigenvalue weighted by atomic mass is 10.4. The van der Waals surface area contributed by atoms with Gasteiger partial charge in [0.15, 0.2) is 0 Å². The molecular formula is C12H22O3Si. The van der Waals surface area contributed by atoms with Gasteiger partial charge < -0.3 is 9.16 Å². The van der Waals surface area contributed by atoms with Gasteiger partial charge in [-0.3, -0.25) is 0 Å². The average Bonchev–Trinajstić information content (AvgIpc) is 2.47. The molecule has 0 aromatic heterocycles. The second-order valence-corrected chi connectivity index (χ2v) is 9.84. The van der Waals surface area contributed by atoms with Crippen LogP contribution in [-0.2, 0) is 14.0 Å². The van der Waals surface area contributed by atoms with Gasteiger partial charge in [0.05, 0.1) is 5.20 Å². The van der Waals surface area contributed by atoms with E-state index in [-0.39, 0.29) is 12.1 Å².